The Hall–Kier alpha value is -0.770. The van der Waals surface area contributed by atoms with E-state index in [1.54, 1.807) is 7.05 Å². The van der Waals surface area contributed by atoms with Crippen LogP contribution in [0.1, 0.15) is 25.7 Å². The van der Waals surface area contributed by atoms with Crippen LogP contribution in [-0.2, 0) is 0 Å². The number of carbonyl (C=O) groups excluding carboxylic acids is 1. The average Bonchev–Trinajstić information content (AvgIpc) is 2.75. The Kier molecular flexibility index (Phi) is 6.16. The van der Waals surface area contributed by atoms with Crippen molar-refractivity contribution in [3.8, 4) is 0 Å². The Morgan fingerprint density at radius 1 is 1.40 bits per heavy atom. The Morgan fingerprint density at radius 2 is 2.27 bits per heavy atom. The minimum atomic E-state index is -0.0795. The first kappa shape index (κ1) is 12.3. The predicted octanol–water partition coefficient (Wildman–Crippen LogP) is 0.996. The van der Waals surface area contributed by atoms with E-state index in [0.717, 1.165) is 19.5 Å². The molecule has 1 aliphatic heterocycles. The lowest BCUT2D eigenvalue weighted by molar-refractivity contribution is 0.242. The third-order valence-corrected chi connectivity index (χ3v) is 2.70. The van der Waals surface area contributed by atoms with Gasteiger partial charge in [0.2, 0.25) is 0 Å². The molecular weight excluding hydrogens is 190 g/mol. The fourth-order valence-corrected chi connectivity index (χ4v) is 1.77. The number of nitrogens with one attached hydrogen (secondary N) is 2. The topological polar surface area (TPSA) is 44.4 Å². The number of hydrogen-bond donors (Lipinski definition) is 2. The van der Waals surface area contributed by atoms with Crippen LogP contribution in [-0.4, -0.2) is 44.2 Å². The number of unbranched alkanes of at least 4 members (excludes halogenated alkanes) is 2. The Balaban J connectivity index is 1.82. The fourth-order valence-electron chi connectivity index (χ4n) is 1.77. The van der Waals surface area contributed by atoms with Crippen molar-refractivity contribution in [2.45, 2.75) is 25.7 Å². The summed E-state index contributed by atoms with van der Waals surface area (Å²) in [6.45, 7) is 4.38. The molecule has 0 bridgehead atoms. The van der Waals surface area contributed by atoms with Crippen molar-refractivity contribution in [1.82, 2.24) is 15.5 Å². The smallest absolute Gasteiger partial charge is 0.314 e. The summed E-state index contributed by atoms with van der Waals surface area (Å²) >= 11 is 0. The van der Waals surface area contributed by atoms with E-state index >= 15 is 0 Å². The molecule has 2 N–H and O–H groups in total. The lowest BCUT2D eigenvalue weighted by Gasteiger charge is -2.13. The summed E-state index contributed by atoms with van der Waals surface area (Å²) in [6, 6.07) is -0.0795. The van der Waals surface area contributed by atoms with Gasteiger partial charge in [0.25, 0.3) is 0 Å². The summed E-state index contributed by atoms with van der Waals surface area (Å²) < 4.78 is 0. The molecule has 0 aromatic rings. The van der Waals surface area contributed by atoms with Gasteiger partial charge in [-0.15, -0.1) is 0 Å². The first-order valence-corrected chi connectivity index (χ1v) is 5.82. The second-order valence-electron chi connectivity index (χ2n) is 3.94. The Bertz CT molecular complexity index is 179. The molecule has 0 aromatic carbocycles. The van der Waals surface area contributed by atoms with Gasteiger partial charge in [0.05, 0.1) is 0 Å². The summed E-state index contributed by atoms with van der Waals surface area (Å²) in [5.41, 5.74) is 0. The average molecular weight is 212 g/mol. The largest absolute Gasteiger partial charge is 0.341 e. The van der Waals surface area contributed by atoms with Crippen LogP contribution in [0.25, 0.3) is 0 Å². The molecule has 1 radical (unpaired) electrons. The molecule has 1 heterocycles. The van der Waals surface area contributed by atoms with Gasteiger partial charge in [-0.3, -0.25) is 0 Å². The Labute approximate surface area is 92.4 Å². The summed E-state index contributed by atoms with van der Waals surface area (Å²) in [7, 11) is 1.64. The van der Waals surface area contributed by atoms with Crippen molar-refractivity contribution < 1.29 is 4.79 Å². The van der Waals surface area contributed by atoms with Crippen molar-refractivity contribution >= 4 is 6.03 Å². The zero-order valence-corrected chi connectivity index (χ0v) is 9.59. The highest BCUT2D eigenvalue weighted by Crippen LogP contribution is 2.07. The van der Waals surface area contributed by atoms with E-state index in [1.807, 2.05) is 0 Å². The lowest BCUT2D eigenvalue weighted by atomic mass is 10.2. The second-order valence-corrected chi connectivity index (χ2v) is 3.94. The van der Waals surface area contributed by atoms with Gasteiger partial charge in [0.15, 0.2) is 0 Å². The van der Waals surface area contributed by atoms with Gasteiger partial charge in [0.1, 0.15) is 0 Å². The number of carbonyl (C=O) groups is 1. The molecule has 4 nitrogen and oxygen atoms in total. The van der Waals surface area contributed by atoms with Crippen molar-refractivity contribution in [2.75, 3.05) is 33.2 Å². The third kappa shape index (κ3) is 5.62. The van der Waals surface area contributed by atoms with E-state index < -0.39 is 0 Å². The maximum absolute atomic E-state index is 10.8. The van der Waals surface area contributed by atoms with Crippen LogP contribution in [0.15, 0.2) is 0 Å². The van der Waals surface area contributed by atoms with Crippen molar-refractivity contribution in [2.24, 2.45) is 0 Å². The van der Waals surface area contributed by atoms with E-state index in [1.165, 1.54) is 32.4 Å². The molecule has 87 valence electrons. The zero-order valence-electron chi connectivity index (χ0n) is 9.59. The third-order valence-electron chi connectivity index (χ3n) is 2.70. The van der Waals surface area contributed by atoms with Crippen LogP contribution in [0.2, 0.25) is 0 Å². The molecule has 0 aliphatic carbocycles. The van der Waals surface area contributed by atoms with Gasteiger partial charge in [-0.1, -0.05) is 6.42 Å². The van der Waals surface area contributed by atoms with Gasteiger partial charge in [0, 0.05) is 20.1 Å². The molecule has 0 unspecified atom stereocenters. The maximum atomic E-state index is 10.8. The second kappa shape index (κ2) is 7.51. The number of likely N-dealkylation sites (tertiary alicyclic amines) is 1. The van der Waals surface area contributed by atoms with Crippen molar-refractivity contribution in [3.05, 3.63) is 6.42 Å². The van der Waals surface area contributed by atoms with Gasteiger partial charge < -0.3 is 15.5 Å². The normalized spacial score (nSPS) is 16.6. The van der Waals surface area contributed by atoms with E-state index in [4.69, 9.17) is 0 Å². The molecule has 4 heteroatoms. The molecule has 1 aliphatic rings. The molecule has 0 atom stereocenters. The minimum Gasteiger partial charge on any atom is -0.341 e. The lowest BCUT2D eigenvalue weighted by Crippen LogP contribution is -2.33. The van der Waals surface area contributed by atoms with Crippen LogP contribution in [0.4, 0.5) is 4.79 Å². The summed E-state index contributed by atoms with van der Waals surface area (Å²) in [5.74, 6) is 0. The number of nitrogens with zero attached hydrogens (tertiary/aromatic N) is 1. The molecule has 0 spiro atoms. The molecule has 1 saturated heterocycles. The van der Waals surface area contributed by atoms with Crippen molar-refractivity contribution in [1.29, 1.82) is 0 Å². The highest BCUT2D eigenvalue weighted by atomic mass is 16.2. The standard InChI is InChI=1S/C11H22N3O/c1-12-11(15)13-7-3-2-4-8-14-9-5-6-10-14/h5H,2-4,6-10H2,1H3,(H2,12,13,15). The zero-order chi connectivity index (χ0) is 10.9. The molecule has 1 fully saturated rings. The Morgan fingerprint density at radius 3 is 2.93 bits per heavy atom. The van der Waals surface area contributed by atoms with Crippen LogP contribution >= 0.6 is 0 Å². The SMILES string of the molecule is CNC(=O)NCCCCCN1C[CH]CC1. The van der Waals surface area contributed by atoms with E-state index in [0.29, 0.717) is 0 Å². The van der Waals surface area contributed by atoms with Gasteiger partial charge in [-0.25, -0.2) is 4.79 Å². The van der Waals surface area contributed by atoms with E-state index in [9.17, 15) is 4.79 Å². The van der Waals surface area contributed by atoms with Gasteiger partial charge in [-0.2, -0.15) is 0 Å². The van der Waals surface area contributed by atoms with Gasteiger partial charge >= 0.3 is 6.03 Å². The maximum Gasteiger partial charge on any atom is 0.314 e. The number of rotatable bonds is 6. The van der Waals surface area contributed by atoms with E-state index in [-0.39, 0.29) is 6.03 Å². The number of hydrogen-bond acceptors (Lipinski definition) is 2. The summed E-state index contributed by atoms with van der Waals surface area (Å²) in [6.07, 6.45) is 7.10. The monoisotopic (exact) mass is 212 g/mol. The first-order valence-electron chi connectivity index (χ1n) is 5.82. The number of urea groups is 1. The van der Waals surface area contributed by atoms with Crippen LogP contribution in [0, 0.1) is 6.42 Å². The van der Waals surface area contributed by atoms with Crippen LogP contribution in [0.5, 0.6) is 0 Å². The van der Waals surface area contributed by atoms with Crippen molar-refractivity contribution in [3.63, 3.8) is 0 Å². The van der Waals surface area contributed by atoms with Crippen LogP contribution in [0.3, 0.4) is 0 Å². The first-order chi connectivity index (χ1) is 7.33. The molecule has 1 rings (SSSR count). The predicted molar refractivity (Wildman–Crippen MR) is 61.7 cm³/mol. The molecule has 0 saturated carbocycles. The highest BCUT2D eigenvalue weighted by molar-refractivity contribution is 5.73. The quantitative estimate of drug-likeness (QED) is 0.645. The molecule has 0 aromatic heterocycles. The molecule has 2 amide bonds. The van der Waals surface area contributed by atoms with E-state index in [2.05, 4.69) is 22.0 Å². The minimum absolute atomic E-state index is 0.0795. The molecule has 15 heavy (non-hydrogen) atoms. The highest BCUT2D eigenvalue weighted by Gasteiger charge is 2.10. The van der Waals surface area contributed by atoms with Crippen LogP contribution < -0.4 is 10.6 Å². The summed E-state index contributed by atoms with van der Waals surface area (Å²) in [4.78, 5) is 13.3. The molecular formula is C11H22N3O. The number of amides is 2. The fraction of sp³-hybridized carbons (Fsp3) is 0.818. The summed E-state index contributed by atoms with van der Waals surface area (Å²) in [5, 5.41) is 5.33. The van der Waals surface area contributed by atoms with Gasteiger partial charge in [-0.05, 0) is 38.8 Å².